The Bertz CT molecular complexity index is 615. The quantitative estimate of drug-likeness (QED) is 0.781. The first kappa shape index (κ1) is 15.1. The highest BCUT2D eigenvalue weighted by atomic mass is 32.1. The zero-order valence-corrected chi connectivity index (χ0v) is 12.1. The van der Waals surface area contributed by atoms with Gasteiger partial charge in [-0.3, -0.25) is 14.6 Å². The van der Waals surface area contributed by atoms with Gasteiger partial charge in [0.05, 0.1) is 18.5 Å². The number of rotatable bonds is 6. The molecule has 2 rings (SSSR count). The van der Waals surface area contributed by atoms with E-state index in [1.165, 1.54) is 29.9 Å². The maximum atomic E-state index is 12.0. The minimum absolute atomic E-state index is 0.189. The number of carbonyl (C=O) groups is 2. The third-order valence-corrected chi connectivity index (χ3v) is 3.42. The first-order valence-electron chi connectivity index (χ1n) is 6.14. The SMILES string of the molecule is COCCNC(=O)c1sccc1NC(=O)c1cnccn1. The Kier molecular flexibility index (Phi) is 5.35. The van der Waals surface area contributed by atoms with Crippen LogP contribution in [0.25, 0.3) is 0 Å². The normalized spacial score (nSPS) is 10.1. The van der Waals surface area contributed by atoms with Crippen molar-refractivity contribution >= 4 is 28.8 Å². The van der Waals surface area contributed by atoms with Crippen LogP contribution in [0.3, 0.4) is 0 Å². The number of anilines is 1. The van der Waals surface area contributed by atoms with Gasteiger partial charge in [-0.05, 0) is 11.4 Å². The van der Waals surface area contributed by atoms with Crippen LogP contribution in [0.4, 0.5) is 5.69 Å². The number of amides is 2. The lowest BCUT2D eigenvalue weighted by Gasteiger charge is -2.07. The van der Waals surface area contributed by atoms with Crippen molar-refractivity contribution in [2.24, 2.45) is 0 Å². The molecule has 2 amide bonds. The van der Waals surface area contributed by atoms with Gasteiger partial charge in [0, 0.05) is 26.0 Å². The van der Waals surface area contributed by atoms with E-state index in [1.54, 1.807) is 18.6 Å². The summed E-state index contributed by atoms with van der Waals surface area (Å²) in [4.78, 5) is 32.1. The van der Waals surface area contributed by atoms with E-state index in [4.69, 9.17) is 4.74 Å². The molecule has 0 spiro atoms. The van der Waals surface area contributed by atoms with Crippen LogP contribution in [-0.2, 0) is 4.74 Å². The molecule has 7 nitrogen and oxygen atoms in total. The maximum Gasteiger partial charge on any atom is 0.275 e. The molecule has 110 valence electrons. The topological polar surface area (TPSA) is 93.2 Å². The molecule has 0 bridgehead atoms. The van der Waals surface area contributed by atoms with Gasteiger partial charge in [0.25, 0.3) is 11.8 Å². The summed E-state index contributed by atoms with van der Waals surface area (Å²) in [7, 11) is 1.56. The van der Waals surface area contributed by atoms with Gasteiger partial charge in [-0.2, -0.15) is 0 Å². The van der Waals surface area contributed by atoms with E-state index in [1.807, 2.05) is 0 Å². The number of carbonyl (C=O) groups excluding carboxylic acids is 2. The number of hydrogen-bond acceptors (Lipinski definition) is 6. The lowest BCUT2D eigenvalue weighted by molar-refractivity contribution is 0.0942. The predicted molar refractivity (Wildman–Crippen MR) is 78.5 cm³/mol. The Hall–Kier alpha value is -2.32. The van der Waals surface area contributed by atoms with E-state index < -0.39 is 5.91 Å². The first-order valence-corrected chi connectivity index (χ1v) is 7.02. The molecule has 8 heteroatoms. The van der Waals surface area contributed by atoms with E-state index in [2.05, 4.69) is 20.6 Å². The van der Waals surface area contributed by atoms with Gasteiger partial charge in [0.15, 0.2) is 0 Å². The van der Waals surface area contributed by atoms with Crippen molar-refractivity contribution < 1.29 is 14.3 Å². The molecule has 0 fully saturated rings. The average molecular weight is 306 g/mol. The molecule has 2 aromatic rings. The summed E-state index contributed by atoms with van der Waals surface area (Å²) in [6.45, 7) is 0.837. The largest absolute Gasteiger partial charge is 0.383 e. The maximum absolute atomic E-state index is 12.0. The molecular weight excluding hydrogens is 292 g/mol. The summed E-state index contributed by atoms with van der Waals surface area (Å²) in [5, 5.41) is 7.10. The molecule has 0 aliphatic carbocycles. The van der Waals surface area contributed by atoms with Crippen molar-refractivity contribution in [2.45, 2.75) is 0 Å². The standard InChI is InChI=1S/C13H14N4O3S/c1-20-6-5-16-13(19)11-9(2-7-21-11)17-12(18)10-8-14-3-4-15-10/h2-4,7-8H,5-6H2,1H3,(H,16,19)(H,17,18). The summed E-state index contributed by atoms with van der Waals surface area (Å²) in [5.74, 6) is -0.663. The number of thiophene rings is 1. The van der Waals surface area contributed by atoms with E-state index in [-0.39, 0.29) is 11.6 Å². The van der Waals surface area contributed by atoms with Gasteiger partial charge in [-0.1, -0.05) is 0 Å². The van der Waals surface area contributed by atoms with Crippen LogP contribution in [0.15, 0.2) is 30.0 Å². The van der Waals surface area contributed by atoms with Crippen molar-refractivity contribution in [3.05, 3.63) is 40.6 Å². The fraction of sp³-hybridized carbons (Fsp3) is 0.231. The molecular formula is C13H14N4O3S. The predicted octanol–water partition coefficient (Wildman–Crippen LogP) is 1.17. The monoisotopic (exact) mass is 306 g/mol. The number of hydrogen-bond donors (Lipinski definition) is 2. The Balaban J connectivity index is 2.03. The van der Waals surface area contributed by atoms with Crippen LogP contribution in [0, 0.1) is 0 Å². The van der Waals surface area contributed by atoms with Crippen LogP contribution in [-0.4, -0.2) is 42.0 Å². The average Bonchev–Trinajstić information content (AvgIpc) is 2.96. The molecule has 0 radical (unpaired) electrons. The van der Waals surface area contributed by atoms with Gasteiger partial charge >= 0.3 is 0 Å². The van der Waals surface area contributed by atoms with Gasteiger partial charge in [-0.25, -0.2) is 4.98 Å². The van der Waals surface area contributed by atoms with Crippen molar-refractivity contribution in [2.75, 3.05) is 25.6 Å². The van der Waals surface area contributed by atoms with E-state index in [0.717, 1.165) is 0 Å². The third kappa shape index (κ3) is 4.07. The molecule has 2 heterocycles. The van der Waals surface area contributed by atoms with Gasteiger partial charge in [0.2, 0.25) is 0 Å². The minimum Gasteiger partial charge on any atom is -0.383 e. The summed E-state index contributed by atoms with van der Waals surface area (Å²) < 4.78 is 4.87. The van der Waals surface area contributed by atoms with Crippen LogP contribution >= 0.6 is 11.3 Å². The van der Waals surface area contributed by atoms with Crippen LogP contribution in [0.2, 0.25) is 0 Å². The number of nitrogens with zero attached hydrogens (tertiary/aromatic N) is 2. The molecule has 0 atom stereocenters. The smallest absolute Gasteiger partial charge is 0.275 e. The highest BCUT2D eigenvalue weighted by Crippen LogP contribution is 2.22. The second-order valence-electron chi connectivity index (χ2n) is 3.96. The third-order valence-electron chi connectivity index (χ3n) is 2.51. The van der Waals surface area contributed by atoms with Crippen LogP contribution < -0.4 is 10.6 Å². The lowest BCUT2D eigenvalue weighted by atomic mass is 10.3. The van der Waals surface area contributed by atoms with Crippen molar-refractivity contribution in [3.8, 4) is 0 Å². The first-order chi connectivity index (χ1) is 10.2. The Morgan fingerprint density at radius 1 is 1.33 bits per heavy atom. The second-order valence-corrected chi connectivity index (χ2v) is 4.87. The highest BCUT2D eigenvalue weighted by molar-refractivity contribution is 7.12. The molecule has 0 unspecified atom stereocenters. The zero-order chi connectivity index (χ0) is 15.1. The van der Waals surface area contributed by atoms with Crippen molar-refractivity contribution in [1.82, 2.24) is 15.3 Å². The number of nitrogens with one attached hydrogen (secondary N) is 2. The molecule has 21 heavy (non-hydrogen) atoms. The molecule has 0 aromatic carbocycles. The lowest BCUT2D eigenvalue weighted by Crippen LogP contribution is -2.27. The number of aromatic nitrogens is 2. The Morgan fingerprint density at radius 3 is 2.90 bits per heavy atom. The second kappa shape index (κ2) is 7.46. The van der Waals surface area contributed by atoms with Crippen molar-refractivity contribution in [1.29, 1.82) is 0 Å². The fourth-order valence-corrected chi connectivity index (χ4v) is 2.30. The highest BCUT2D eigenvalue weighted by Gasteiger charge is 2.16. The molecule has 0 saturated carbocycles. The van der Waals surface area contributed by atoms with Crippen molar-refractivity contribution in [3.63, 3.8) is 0 Å². The summed E-state index contributed by atoms with van der Waals surface area (Å²) >= 11 is 1.25. The Labute approximate surface area is 125 Å². The number of methoxy groups -OCH3 is 1. The Morgan fingerprint density at radius 2 is 2.19 bits per heavy atom. The molecule has 2 N–H and O–H groups in total. The van der Waals surface area contributed by atoms with E-state index in [0.29, 0.717) is 23.7 Å². The minimum atomic E-state index is -0.410. The van der Waals surface area contributed by atoms with Crippen LogP contribution in [0.5, 0.6) is 0 Å². The van der Waals surface area contributed by atoms with E-state index in [9.17, 15) is 9.59 Å². The zero-order valence-electron chi connectivity index (χ0n) is 11.3. The number of ether oxygens (including phenoxy) is 1. The fourth-order valence-electron chi connectivity index (χ4n) is 1.53. The van der Waals surface area contributed by atoms with Gasteiger partial charge in [0.1, 0.15) is 10.6 Å². The van der Waals surface area contributed by atoms with Crippen LogP contribution in [0.1, 0.15) is 20.2 Å². The van der Waals surface area contributed by atoms with Gasteiger partial charge < -0.3 is 15.4 Å². The molecule has 0 aliphatic rings. The molecule has 0 saturated heterocycles. The van der Waals surface area contributed by atoms with Gasteiger partial charge in [-0.15, -0.1) is 11.3 Å². The molecule has 2 aromatic heterocycles. The molecule has 0 aliphatic heterocycles. The summed E-state index contributed by atoms with van der Waals surface area (Å²) in [6.07, 6.45) is 4.27. The summed E-state index contributed by atoms with van der Waals surface area (Å²) in [5.41, 5.74) is 0.639. The van der Waals surface area contributed by atoms with E-state index >= 15 is 0 Å². The summed E-state index contributed by atoms with van der Waals surface area (Å²) in [6, 6.07) is 1.67.